The summed E-state index contributed by atoms with van der Waals surface area (Å²) in [4.78, 5) is 0. The number of phenolic OH excluding ortho intramolecular Hbond substituents is 1. The molecule has 0 fully saturated rings. The van der Waals surface area contributed by atoms with Crippen LogP contribution in [0.1, 0.15) is 12.3 Å². The van der Waals surface area contributed by atoms with Crippen molar-refractivity contribution in [3.8, 4) is 28.0 Å². The minimum absolute atomic E-state index is 0.0247. The van der Waals surface area contributed by atoms with Gasteiger partial charge in [-0.1, -0.05) is 72.6 Å². The van der Waals surface area contributed by atoms with E-state index in [1.807, 2.05) is 12.1 Å². The van der Waals surface area contributed by atoms with Crippen molar-refractivity contribution in [1.29, 1.82) is 0 Å². The molecule has 1 aromatic heterocycles. The molecule has 1 heterocycles. The van der Waals surface area contributed by atoms with E-state index < -0.39 is 65.5 Å². The van der Waals surface area contributed by atoms with Gasteiger partial charge >= 0.3 is 0 Å². The molecular formula is C24H16O2. The summed E-state index contributed by atoms with van der Waals surface area (Å²) in [6.45, 7) is 0. The first kappa shape index (κ1) is 8.24. The highest BCUT2D eigenvalue weighted by atomic mass is 16.3. The Morgan fingerprint density at radius 2 is 1.38 bits per heavy atom. The fourth-order valence-corrected chi connectivity index (χ4v) is 2.96. The lowest BCUT2D eigenvalue weighted by atomic mass is 9.98. The summed E-state index contributed by atoms with van der Waals surface area (Å²) in [6, 6.07) is 4.67. The summed E-state index contributed by atoms with van der Waals surface area (Å²) < 4.78 is 80.5. The first-order valence-corrected chi connectivity index (χ1v) is 7.87. The van der Waals surface area contributed by atoms with Gasteiger partial charge in [-0.05, 0) is 34.9 Å². The van der Waals surface area contributed by atoms with E-state index in [0.717, 1.165) is 5.39 Å². The summed E-state index contributed by atoms with van der Waals surface area (Å²) in [6.07, 6.45) is 0. The molecule has 0 unspecified atom stereocenters. The first-order valence-electron chi connectivity index (χ1n) is 12.4. The molecule has 4 aromatic carbocycles. The summed E-state index contributed by atoms with van der Waals surface area (Å²) in [7, 11) is 0. The number of rotatable bonds is 2. The number of phenols is 1. The third-order valence-corrected chi connectivity index (χ3v) is 4.15. The van der Waals surface area contributed by atoms with Gasteiger partial charge in [0.1, 0.15) is 16.9 Å². The van der Waals surface area contributed by atoms with Crippen LogP contribution in [-0.2, 0) is 0 Å². The van der Waals surface area contributed by atoms with E-state index >= 15 is 0 Å². The smallest absolute Gasteiger partial charge is 0.146 e. The molecule has 0 amide bonds. The van der Waals surface area contributed by atoms with Gasteiger partial charge in [-0.2, -0.15) is 0 Å². The molecule has 0 aliphatic carbocycles. The summed E-state index contributed by atoms with van der Waals surface area (Å²) in [5.74, 6) is -0.312. The molecular weight excluding hydrogens is 320 g/mol. The molecule has 2 heteroatoms. The minimum atomic E-state index is -0.647. The van der Waals surface area contributed by atoms with E-state index in [0.29, 0.717) is 11.0 Å². The van der Waals surface area contributed by atoms with Crippen molar-refractivity contribution in [2.24, 2.45) is 0 Å². The van der Waals surface area contributed by atoms with Crippen molar-refractivity contribution < 1.29 is 21.9 Å². The van der Waals surface area contributed by atoms with Crippen molar-refractivity contribution >= 4 is 21.9 Å². The van der Waals surface area contributed by atoms with Crippen molar-refractivity contribution in [2.75, 3.05) is 0 Å². The molecule has 0 radical (unpaired) electrons. The Bertz CT molecular complexity index is 1650. The molecule has 5 aromatic rings. The van der Waals surface area contributed by atoms with Gasteiger partial charge in [0, 0.05) is 10.8 Å². The zero-order valence-corrected chi connectivity index (χ0v) is 13.3. The number of hydrogen-bond acceptors (Lipinski definition) is 2. The molecule has 5 rings (SSSR count). The van der Waals surface area contributed by atoms with Crippen molar-refractivity contribution in [2.45, 2.75) is 0 Å². The van der Waals surface area contributed by atoms with Gasteiger partial charge in [0.05, 0.1) is 17.9 Å². The summed E-state index contributed by atoms with van der Waals surface area (Å²) in [5, 5.41) is 12.1. The van der Waals surface area contributed by atoms with Crippen molar-refractivity contribution in [1.82, 2.24) is 0 Å². The number of furan rings is 1. The van der Waals surface area contributed by atoms with Crippen LogP contribution in [-0.4, -0.2) is 5.11 Å². The second-order valence-electron chi connectivity index (χ2n) is 5.68. The zero-order chi connectivity index (χ0) is 25.3. The molecule has 1 N–H and O–H groups in total. The highest BCUT2D eigenvalue weighted by Crippen LogP contribution is 2.41. The van der Waals surface area contributed by atoms with E-state index in [1.165, 1.54) is 6.07 Å². The highest BCUT2D eigenvalue weighted by Gasteiger charge is 2.15. The Kier molecular flexibility index (Phi) is 1.83. The Labute approximate surface area is 163 Å². The van der Waals surface area contributed by atoms with Crippen LogP contribution >= 0.6 is 0 Å². The van der Waals surface area contributed by atoms with Gasteiger partial charge in [0.25, 0.3) is 0 Å². The minimum Gasteiger partial charge on any atom is -0.507 e. The molecule has 0 aliphatic rings. The van der Waals surface area contributed by atoms with Crippen LogP contribution in [0.15, 0.2) is 95.2 Å². The lowest BCUT2D eigenvalue weighted by molar-refractivity contribution is 0.477. The Morgan fingerprint density at radius 3 is 2.19 bits per heavy atom. The van der Waals surface area contributed by atoms with Crippen molar-refractivity contribution in [3.05, 3.63) is 90.8 Å². The van der Waals surface area contributed by atoms with Crippen molar-refractivity contribution in [3.63, 3.8) is 0 Å². The molecule has 0 saturated heterocycles. The number of para-hydroxylation sites is 1. The van der Waals surface area contributed by atoms with Crippen LogP contribution < -0.4 is 0 Å². The molecule has 0 spiro atoms. The first-order chi connectivity index (χ1) is 16.6. The quantitative estimate of drug-likeness (QED) is 0.390. The topological polar surface area (TPSA) is 33.4 Å². The van der Waals surface area contributed by atoms with Crippen LogP contribution in [0.3, 0.4) is 0 Å². The highest BCUT2D eigenvalue weighted by molar-refractivity contribution is 6.10. The normalized spacial score (nSPS) is 16.1. The largest absolute Gasteiger partial charge is 0.507 e. The maximum atomic E-state index is 10.7. The molecule has 0 atom stereocenters. The van der Waals surface area contributed by atoms with Gasteiger partial charge < -0.3 is 9.52 Å². The SMILES string of the molecule is [2H]c1c([2H])c([2H])c(-c2c([2H])c([2H])c(-c3c(O)ccc4c3oc3ccccc34)c([2H])c2[2H])c([2H])c1[2H]. The van der Waals surface area contributed by atoms with Gasteiger partial charge in [0.15, 0.2) is 0 Å². The molecule has 0 saturated carbocycles. The number of aromatic hydroxyl groups is 1. The fraction of sp³-hybridized carbons (Fsp3) is 0. The third-order valence-electron chi connectivity index (χ3n) is 4.15. The van der Waals surface area contributed by atoms with Crippen LogP contribution in [0, 0.1) is 0 Å². The fourth-order valence-electron chi connectivity index (χ4n) is 2.96. The average Bonchev–Trinajstić information content (AvgIpc) is 3.22. The van der Waals surface area contributed by atoms with Crippen LogP contribution in [0.2, 0.25) is 0 Å². The predicted octanol–water partition coefficient (Wildman–Crippen LogP) is 6.63. The number of benzene rings is 4. The molecule has 124 valence electrons. The van der Waals surface area contributed by atoms with E-state index in [2.05, 4.69) is 0 Å². The van der Waals surface area contributed by atoms with E-state index in [9.17, 15) is 5.11 Å². The zero-order valence-electron chi connectivity index (χ0n) is 22.3. The second kappa shape index (κ2) is 5.78. The van der Waals surface area contributed by atoms with Gasteiger partial charge in [-0.3, -0.25) is 0 Å². The summed E-state index contributed by atoms with van der Waals surface area (Å²) in [5.41, 5.74) is -0.396. The Balaban J connectivity index is 1.89. The maximum Gasteiger partial charge on any atom is 0.146 e. The number of hydrogen-bond donors (Lipinski definition) is 1. The Hall–Kier alpha value is -3.52. The second-order valence-corrected chi connectivity index (χ2v) is 5.68. The van der Waals surface area contributed by atoms with E-state index in [-0.39, 0.29) is 22.5 Å². The van der Waals surface area contributed by atoms with Gasteiger partial charge in [-0.15, -0.1) is 0 Å². The molecule has 2 nitrogen and oxygen atoms in total. The van der Waals surface area contributed by atoms with Crippen LogP contribution in [0.4, 0.5) is 0 Å². The number of fused-ring (bicyclic) bond motifs is 3. The summed E-state index contributed by atoms with van der Waals surface area (Å²) >= 11 is 0. The van der Waals surface area contributed by atoms with Crippen LogP contribution in [0.5, 0.6) is 5.75 Å². The Morgan fingerprint density at radius 1 is 0.692 bits per heavy atom. The molecule has 0 bridgehead atoms. The molecule has 0 aliphatic heterocycles. The lowest BCUT2D eigenvalue weighted by Gasteiger charge is -2.07. The standard InChI is InChI=1S/C24H16O2/c25-21-15-14-20-19-8-4-5-9-22(19)26-24(20)23(21)18-12-10-17(11-13-18)16-6-2-1-3-7-16/h1-15,25H/i1D,2D,3D,6D,7D,10D,11D,12D,13D. The van der Waals surface area contributed by atoms with E-state index in [4.69, 9.17) is 16.8 Å². The lowest BCUT2D eigenvalue weighted by Crippen LogP contribution is -1.82. The van der Waals surface area contributed by atoms with Crippen LogP contribution in [0.25, 0.3) is 44.2 Å². The average molecular weight is 345 g/mol. The monoisotopic (exact) mass is 345 g/mol. The third kappa shape index (κ3) is 2.27. The van der Waals surface area contributed by atoms with Gasteiger partial charge in [-0.25, -0.2) is 0 Å². The maximum absolute atomic E-state index is 10.7. The van der Waals surface area contributed by atoms with E-state index in [1.54, 1.807) is 18.2 Å². The molecule has 26 heavy (non-hydrogen) atoms. The predicted molar refractivity (Wildman–Crippen MR) is 106 cm³/mol. The van der Waals surface area contributed by atoms with Gasteiger partial charge in [0.2, 0.25) is 0 Å².